The SMILES string of the molecule is CC(C)(C)C1CCCCC1.CC(C)(C)c1cc2ccccc2oc1=O.CC(C)(C)c1ccc(C(F)(F)F)cc1.CC(C)(C)c1ccc2ccccc2c1.CC(C)(C)c1ccccc1.CC(C)(C)c1ccccc1N=[N+]=[N-].CCCC(C)(C)C.COc1ccc2cc(C(C)(C)C)c(=O)oc2c1. The number of azide groups is 1. The molecule has 0 unspecified atom stereocenters. The summed E-state index contributed by atoms with van der Waals surface area (Å²) in [7, 11) is 1.59. The van der Waals surface area contributed by atoms with Crippen molar-refractivity contribution in [3.63, 3.8) is 0 Å². The van der Waals surface area contributed by atoms with Gasteiger partial charge >= 0.3 is 17.4 Å². The maximum Gasteiger partial charge on any atom is 0.416 e. The number of hydrogen-bond donors (Lipinski definition) is 0. The molecule has 2 heterocycles. The third kappa shape index (κ3) is 30.1. The molecule has 7 aromatic carbocycles. The van der Waals surface area contributed by atoms with Crippen LogP contribution >= 0.6 is 0 Å². The van der Waals surface area contributed by atoms with Gasteiger partial charge in [0, 0.05) is 38.6 Å². The molecule has 8 nitrogen and oxygen atoms in total. The van der Waals surface area contributed by atoms with Crippen molar-refractivity contribution in [1.82, 2.24) is 0 Å². The number of ether oxygens (including phenoxy) is 1. The Morgan fingerprint density at radius 2 is 0.840 bits per heavy atom. The number of benzene rings is 7. The Morgan fingerprint density at radius 3 is 1.26 bits per heavy atom. The topological polar surface area (TPSA) is 118 Å². The Balaban J connectivity index is 0.000000301. The summed E-state index contributed by atoms with van der Waals surface area (Å²) in [6, 6.07) is 55.6. The van der Waals surface area contributed by atoms with Crippen LogP contribution in [0, 0.1) is 16.7 Å². The molecule has 0 atom stereocenters. The van der Waals surface area contributed by atoms with E-state index >= 15 is 0 Å². The first kappa shape index (κ1) is 86.3. The molecule has 1 aliphatic carbocycles. The minimum Gasteiger partial charge on any atom is -0.497 e. The summed E-state index contributed by atoms with van der Waals surface area (Å²) in [5.41, 5.74) is 16.6. The average molecular weight is 1370 g/mol. The zero-order chi connectivity index (χ0) is 75.9. The molecule has 0 saturated heterocycles. The van der Waals surface area contributed by atoms with Gasteiger partial charge in [-0.2, -0.15) is 13.2 Å². The number of methoxy groups -OCH3 is 1. The van der Waals surface area contributed by atoms with Crippen LogP contribution in [0.4, 0.5) is 18.9 Å². The van der Waals surface area contributed by atoms with Crippen molar-refractivity contribution in [3.8, 4) is 5.75 Å². The van der Waals surface area contributed by atoms with E-state index in [1.54, 1.807) is 13.2 Å². The highest BCUT2D eigenvalue weighted by atomic mass is 19.4. The minimum absolute atomic E-state index is 0.0186. The van der Waals surface area contributed by atoms with Gasteiger partial charge in [-0.05, 0) is 150 Å². The molecule has 2 aromatic heterocycles. The molecule has 0 radical (unpaired) electrons. The van der Waals surface area contributed by atoms with Crippen LogP contribution in [0.1, 0.15) is 257 Å². The first-order chi connectivity index (χ1) is 46.0. The Labute approximate surface area is 599 Å². The molecule has 1 saturated carbocycles. The summed E-state index contributed by atoms with van der Waals surface area (Å²) in [5, 5.41) is 8.19. The van der Waals surface area contributed by atoms with E-state index in [4.69, 9.17) is 19.1 Å². The molecule has 1 aliphatic rings. The monoisotopic (exact) mass is 1370 g/mol. The lowest BCUT2D eigenvalue weighted by Crippen LogP contribution is -2.22. The van der Waals surface area contributed by atoms with E-state index in [1.807, 2.05) is 135 Å². The van der Waals surface area contributed by atoms with Crippen LogP contribution in [0.15, 0.2) is 199 Å². The fourth-order valence-corrected chi connectivity index (χ4v) is 11.0. The van der Waals surface area contributed by atoms with E-state index in [1.165, 1.54) is 79.0 Å². The second kappa shape index (κ2) is 37.2. The summed E-state index contributed by atoms with van der Waals surface area (Å²) >= 11 is 0. The quantitative estimate of drug-likeness (QED) is 0.0755. The maximum absolute atomic E-state index is 12.2. The smallest absolute Gasteiger partial charge is 0.416 e. The largest absolute Gasteiger partial charge is 0.497 e. The summed E-state index contributed by atoms with van der Waals surface area (Å²) in [4.78, 5) is 26.4. The third-order valence-electron chi connectivity index (χ3n) is 17.2. The van der Waals surface area contributed by atoms with Crippen LogP contribution in [0.5, 0.6) is 5.75 Å². The first-order valence-corrected chi connectivity index (χ1v) is 35.5. The van der Waals surface area contributed by atoms with Crippen molar-refractivity contribution < 1.29 is 26.7 Å². The number of para-hydroxylation sites is 1. The number of rotatable bonds is 3. The van der Waals surface area contributed by atoms with Crippen LogP contribution in [-0.2, 0) is 38.7 Å². The summed E-state index contributed by atoms with van der Waals surface area (Å²) in [5.74, 6) is 1.69. The van der Waals surface area contributed by atoms with Gasteiger partial charge in [0.2, 0.25) is 0 Å². The Morgan fingerprint density at radius 1 is 0.430 bits per heavy atom. The fourth-order valence-electron chi connectivity index (χ4n) is 11.0. The van der Waals surface area contributed by atoms with Crippen molar-refractivity contribution in [2.24, 2.45) is 21.9 Å². The highest BCUT2D eigenvalue weighted by molar-refractivity contribution is 5.83. The Bertz CT molecular complexity index is 4060. The van der Waals surface area contributed by atoms with Gasteiger partial charge in [-0.25, -0.2) is 9.59 Å². The number of alkyl halides is 3. The number of nitrogens with zero attached hydrogens (tertiary/aromatic N) is 3. The maximum atomic E-state index is 12.2. The van der Waals surface area contributed by atoms with Gasteiger partial charge in [-0.3, -0.25) is 0 Å². The van der Waals surface area contributed by atoms with E-state index in [9.17, 15) is 22.8 Å². The number of fused-ring (bicyclic) bond motifs is 3. The number of hydrogen-bond acceptors (Lipinski definition) is 6. The van der Waals surface area contributed by atoms with Crippen molar-refractivity contribution in [3.05, 3.63) is 246 Å². The van der Waals surface area contributed by atoms with E-state index in [-0.39, 0.29) is 38.3 Å². The highest BCUT2D eigenvalue weighted by Crippen LogP contribution is 2.38. The molecule has 11 heteroatoms. The van der Waals surface area contributed by atoms with Crippen molar-refractivity contribution >= 4 is 38.4 Å². The first-order valence-electron chi connectivity index (χ1n) is 35.5. The van der Waals surface area contributed by atoms with Crippen molar-refractivity contribution in [2.45, 2.75) is 257 Å². The van der Waals surface area contributed by atoms with E-state index < -0.39 is 11.7 Å². The normalized spacial score (nSPS) is 13.0. The molecule has 10 rings (SSSR count). The van der Waals surface area contributed by atoms with Gasteiger partial charge in [0.05, 0.1) is 12.7 Å². The Hall–Kier alpha value is -7.88. The van der Waals surface area contributed by atoms with E-state index in [2.05, 4.69) is 194 Å². The standard InChI is InChI=1S/C14H16O3.C14H16.C13H14O2.C11H13F3.C10H13N3.C10H20.C10H14.C7H16/c1-14(2,3)11-7-9-5-6-10(16-4)8-12(9)17-13(11)15;1-14(2,3)13-9-8-11-6-4-5-7-12(11)10-13;1-13(2,3)10-8-9-6-4-5-7-11(9)15-12(10)14;1-10(2,3)8-4-6-9(7-5-8)11(12,13)14;1-10(2,3)8-6-4-5-7-9(8)12-13-11;2*1-10(2,3)9-7-5-4-6-8-9;1-5-6-7(2,3)4/h5-8H,1-4H3;4-10H,1-3H3;4-8H,1-3H3;4-7H,1-3H3;4-7H,1-3H3;9H,4-8H2,1-3H3;4-8H,1-3H3;5-6H2,1-4H3. The molecular formula is C89H122F3N3O5. The Kier molecular flexibility index (Phi) is 32.1. The fraction of sp³-hybridized carbons (Fsp3) is 0.483. The predicted molar refractivity (Wildman–Crippen MR) is 421 cm³/mol. The van der Waals surface area contributed by atoms with E-state index in [0.29, 0.717) is 38.7 Å². The molecule has 100 heavy (non-hydrogen) atoms. The number of halogens is 3. The van der Waals surface area contributed by atoms with Gasteiger partial charge in [0.1, 0.15) is 16.9 Å². The molecule has 0 aliphatic heterocycles. The van der Waals surface area contributed by atoms with Gasteiger partial charge < -0.3 is 13.6 Å². The molecule has 9 aromatic rings. The van der Waals surface area contributed by atoms with Crippen LogP contribution in [0.25, 0.3) is 43.2 Å². The zero-order valence-electron chi connectivity index (χ0n) is 65.8. The lowest BCUT2D eigenvalue weighted by Gasteiger charge is -2.33. The summed E-state index contributed by atoms with van der Waals surface area (Å²) in [6.07, 6.45) is 5.79. The van der Waals surface area contributed by atoms with Crippen LogP contribution in [-0.4, -0.2) is 7.11 Å². The van der Waals surface area contributed by atoms with Gasteiger partial charge in [-0.15, -0.1) is 0 Å². The van der Waals surface area contributed by atoms with Crippen LogP contribution in [0.2, 0.25) is 0 Å². The lowest BCUT2D eigenvalue weighted by atomic mass is 9.72. The predicted octanol–water partition coefficient (Wildman–Crippen LogP) is 27.7. The van der Waals surface area contributed by atoms with Crippen LogP contribution in [0.3, 0.4) is 0 Å². The van der Waals surface area contributed by atoms with Gasteiger partial charge in [0.25, 0.3) is 0 Å². The molecule has 0 spiro atoms. The summed E-state index contributed by atoms with van der Waals surface area (Å²) < 4.78 is 52.3. The average Bonchev–Trinajstić information content (AvgIpc) is 0.790. The van der Waals surface area contributed by atoms with Crippen LogP contribution < -0.4 is 16.0 Å². The van der Waals surface area contributed by atoms with Crippen molar-refractivity contribution in [2.75, 3.05) is 7.11 Å². The van der Waals surface area contributed by atoms with Gasteiger partial charge in [0.15, 0.2) is 0 Å². The third-order valence-corrected chi connectivity index (χ3v) is 17.2. The van der Waals surface area contributed by atoms with Gasteiger partial charge in [-0.1, -0.05) is 331 Å². The second-order valence-electron chi connectivity index (χ2n) is 34.6. The summed E-state index contributed by atoms with van der Waals surface area (Å²) in [6.45, 7) is 53.8. The minimum atomic E-state index is -4.24. The molecule has 544 valence electrons. The molecular weight excluding hydrogens is 1250 g/mol. The molecule has 0 bridgehead atoms. The van der Waals surface area contributed by atoms with Crippen molar-refractivity contribution in [1.29, 1.82) is 0 Å². The lowest BCUT2D eigenvalue weighted by molar-refractivity contribution is -0.137. The molecule has 0 amide bonds. The highest BCUT2D eigenvalue weighted by Gasteiger charge is 2.31. The molecule has 1 fully saturated rings. The second-order valence-corrected chi connectivity index (χ2v) is 34.6. The van der Waals surface area contributed by atoms with E-state index in [0.717, 1.165) is 51.2 Å². The molecule has 0 N–H and O–H groups in total. The zero-order valence-corrected chi connectivity index (χ0v) is 65.8.